The number of urea groups is 1. The number of aromatic amines is 1. The number of anilines is 3. The quantitative estimate of drug-likeness (QED) is 0.520. The summed E-state index contributed by atoms with van der Waals surface area (Å²) in [6, 6.07) is 3.92. The molecule has 2 saturated carbocycles. The molecule has 9 heteroatoms. The monoisotopic (exact) mass is 384 g/mol. The van der Waals surface area contributed by atoms with Crippen molar-refractivity contribution in [3.05, 3.63) is 24.0 Å². The molecular formula is C19H28N8O. The molecule has 4 rings (SSSR count). The zero-order chi connectivity index (χ0) is 19.3. The Morgan fingerprint density at radius 3 is 2.57 bits per heavy atom. The summed E-state index contributed by atoms with van der Waals surface area (Å²) in [4.78, 5) is 19.9. The van der Waals surface area contributed by atoms with Gasteiger partial charge >= 0.3 is 6.03 Å². The van der Waals surface area contributed by atoms with E-state index in [1.807, 2.05) is 6.07 Å². The average Bonchev–Trinajstić information content (AvgIpc) is 3.35. The topological polar surface area (TPSA) is 134 Å². The normalized spacial score (nSPS) is 22.7. The number of nitrogens with two attached hydrogens (primary N) is 1. The van der Waals surface area contributed by atoms with Crippen LogP contribution in [0.15, 0.2) is 18.3 Å². The number of carbonyl (C=O) groups is 1. The maximum atomic E-state index is 11.0. The predicted molar refractivity (Wildman–Crippen MR) is 107 cm³/mol. The van der Waals surface area contributed by atoms with Crippen molar-refractivity contribution in [2.24, 2.45) is 5.73 Å². The van der Waals surface area contributed by atoms with Gasteiger partial charge in [0.25, 0.3) is 0 Å². The maximum absolute atomic E-state index is 11.0. The number of nitrogens with zero attached hydrogens (tertiary/aromatic N) is 3. The third kappa shape index (κ3) is 4.71. The minimum Gasteiger partial charge on any atom is -0.352 e. The fourth-order valence-electron chi connectivity index (χ4n) is 4.24. The largest absolute Gasteiger partial charge is 0.352 e. The van der Waals surface area contributed by atoms with Crippen molar-refractivity contribution in [2.45, 2.75) is 69.4 Å². The first kappa shape index (κ1) is 18.5. The van der Waals surface area contributed by atoms with Gasteiger partial charge in [0.1, 0.15) is 5.82 Å². The van der Waals surface area contributed by atoms with E-state index >= 15 is 0 Å². The number of hydrogen-bond acceptors (Lipinski definition) is 6. The molecule has 0 atom stereocenters. The highest BCUT2D eigenvalue weighted by molar-refractivity contribution is 5.71. The Bertz CT molecular complexity index is 793. The minimum absolute atomic E-state index is 0.165. The lowest BCUT2D eigenvalue weighted by molar-refractivity contribution is 0.240. The summed E-state index contributed by atoms with van der Waals surface area (Å²) in [5.74, 6) is 2.70. The van der Waals surface area contributed by atoms with E-state index in [1.54, 1.807) is 6.20 Å². The van der Waals surface area contributed by atoms with Gasteiger partial charge in [0.15, 0.2) is 5.82 Å². The number of amides is 2. The minimum atomic E-state index is -0.451. The van der Waals surface area contributed by atoms with E-state index in [0.29, 0.717) is 23.7 Å². The van der Waals surface area contributed by atoms with Gasteiger partial charge in [-0.3, -0.25) is 5.10 Å². The maximum Gasteiger partial charge on any atom is 0.312 e. The van der Waals surface area contributed by atoms with Gasteiger partial charge in [0.2, 0.25) is 5.95 Å². The molecule has 0 aromatic carbocycles. The molecule has 2 aromatic heterocycles. The summed E-state index contributed by atoms with van der Waals surface area (Å²) < 4.78 is 0. The van der Waals surface area contributed by atoms with Crippen LogP contribution in [-0.2, 0) is 0 Å². The molecule has 9 nitrogen and oxygen atoms in total. The van der Waals surface area contributed by atoms with Crippen LogP contribution in [0.3, 0.4) is 0 Å². The van der Waals surface area contributed by atoms with E-state index in [4.69, 9.17) is 5.73 Å². The Kier molecular flexibility index (Phi) is 5.59. The van der Waals surface area contributed by atoms with Gasteiger partial charge < -0.3 is 21.7 Å². The molecule has 0 unspecified atom stereocenters. The summed E-state index contributed by atoms with van der Waals surface area (Å²) in [5.41, 5.74) is 6.40. The highest BCUT2D eigenvalue weighted by Gasteiger charge is 2.22. The van der Waals surface area contributed by atoms with E-state index < -0.39 is 6.03 Å². The standard InChI is InChI=1S/C19H28N8O/c20-18(28)22-13-5-7-14(8-6-13)23-19-21-10-9-16(25-19)24-17-11-15(26-27-17)12-3-1-2-4-12/h9-14H,1-8H2,(H3,20,22,28)(H3,21,23,24,25,26,27)/t13-,14-. The fourth-order valence-corrected chi connectivity index (χ4v) is 4.24. The molecule has 0 spiro atoms. The SMILES string of the molecule is NC(=O)N[C@H]1CC[C@H](Nc2nccc(Nc3cc(C4CCCC4)[nH]n3)n2)CC1. The smallest absolute Gasteiger partial charge is 0.312 e. The molecule has 6 N–H and O–H groups in total. The molecule has 0 bridgehead atoms. The van der Waals surface area contributed by atoms with Crippen LogP contribution in [0, 0.1) is 0 Å². The molecular weight excluding hydrogens is 356 g/mol. The average molecular weight is 384 g/mol. The van der Waals surface area contributed by atoms with Gasteiger partial charge in [-0.25, -0.2) is 9.78 Å². The van der Waals surface area contributed by atoms with Crippen molar-refractivity contribution >= 4 is 23.6 Å². The molecule has 2 aliphatic carbocycles. The van der Waals surface area contributed by atoms with Crippen molar-refractivity contribution in [3.63, 3.8) is 0 Å². The number of aromatic nitrogens is 4. The predicted octanol–water partition coefficient (Wildman–Crippen LogP) is 2.99. The van der Waals surface area contributed by atoms with Gasteiger partial charge in [-0.05, 0) is 44.6 Å². The lowest BCUT2D eigenvalue weighted by atomic mass is 9.91. The Morgan fingerprint density at radius 2 is 1.82 bits per heavy atom. The van der Waals surface area contributed by atoms with Crippen molar-refractivity contribution in [1.29, 1.82) is 0 Å². The third-order valence-corrected chi connectivity index (χ3v) is 5.71. The molecule has 2 aromatic rings. The van der Waals surface area contributed by atoms with Gasteiger partial charge in [-0.1, -0.05) is 12.8 Å². The number of nitrogens with one attached hydrogen (secondary N) is 4. The van der Waals surface area contributed by atoms with Crippen molar-refractivity contribution in [3.8, 4) is 0 Å². The van der Waals surface area contributed by atoms with Crippen LogP contribution in [0.2, 0.25) is 0 Å². The lowest BCUT2D eigenvalue weighted by Gasteiger charge is -2.29. The van der Waals surface area contributed by atoms with Crippen LogP contribution in [0.1, 0.15) is 63.0 Å². The Morgan fingerprint density at radius 1 is 1.07 bits per heavy atom. The molecule has 0 aliphatic heterocycles. The highest BCUT2D eigenvalue weighted by atomic mass is 16.2. The van der Waals surface area contributed by atoms with Crippen LogP contribution in [0.4, 0.5) is 22.4 Å². The van der Waals surface area contributed by atoms with Gasteiger partial charge in [-0.15, -0.1) is 0 Å². The van der Waals surface area contributed by atoms with E-state index in [9.17, 15) is 4.79 Å². The second kappa shape index (κ2) is 8.45. The molecule has 2 amide bonds. The van der Waals surface area contributed by atoms with E-state index in [0.717, 1.165) is 31.5 Å². The second-order valence-corrected chi connectivity index (χ2v) is 7.78. The van der Waals surface area contributed by atoms with Crippen molar-refractivity contribution in [2.75, 3.05) is 10.6 Å². The van der Waals surface area contributed by atoms with Gasteiger partial charge in [-0.2, -0.15) is 10.1 Å². The molecule has 2 heterocycles. The van der Waals surface area contributed by atoms with Crippen molar-refractivity contribution < 1.29 is 4.79 Å². The van der Waals surface area contributed by atoms with E-state index in [-0.39, 0.29) is 6.04 Å². The van der Waals surface area contributed by atoms with E-state index in [2.05, 4.69) is 42.2 Å². The number of rotatable bonds is 6. The number of hydrogen-bond donors (Lipinski definition) is 5. The van der Waals surface area contributed by atoms with Crippen molar-refractivity contribution in [1.82, 2.24) is 25.5 Å². The summed E-state index contributed by atoms with van der Waals surface area (Å²) >= 11 is 0. The second-order valence-electron chi connectivity index (χ2n) is 7.78. The van der Waals surface area contributed by atoms with Crippen LogP contribution < -0.4 is 21.7 Å². The molecule has 2 aliphatic rings. The summed E-state index contributed by atoms with van der Waals surface area (Å²) in [7, 11) is 0. The lowest BCUT2D eigenvalue weighted by Crippen LogP contribution is -2.42. The highest BCUT2D eigenvalue weighted by Crippen LogP contribution is 2.34. The van der Waals surface area contributed by atoms with Gasteiger partial charge in [0, 0.05) is 36.0 Å². The van der Waals surface area contributed by atoms with E-state index in [1.165, 1.54) is 31.4 Å². The zero-order valence-corrected chi connectivity index (χ0v) is 15.9. The van der Waals surface area contributed by atoms with Crippen LogP contribution >= 0.6 is 0 Å². The summed E-state index contributed by atoms with van der Waals surface area (Å²) in [5, 5.41) is 17.0. The van der Waals surface area contributed by atoms with Gasteiger partial charge in [0.05, 0.1) is 0 Å². The first-order valence-electron chi connectivity index (χ1n) is 10.1. The summed E-state index contributed by atoms with van der Waals surface area (Å²) in [6.07, 6.45) is 10.5. The Labute approximate surface area is 164 Å². The fraction of sp³-hybridized carbons (Fsp3) is 0.579. The first-order valence-corrected chi connectivity index (χ1v) is 10.1. The number of primary amides is 1. The summed E-state index contributed by atoms with van der Waals surface area (Å²) in [6.45, 7) is 0. The molecule has 0 saturated heterocycles. The molecule has 150 valence electrons. The molecule has 0 radical (unpaired) electrons. The number of H-pyrrole nitrogens is 1. The third-order valence-electron chi connectivity index (χ3n) is 5.71. The zero-order valence-electron chi connectivity index (χ0n) is 15.9. The molecule has 28 heavy (non-hydrogen) atoms. The Balaban J connectivity index is 1.31. The Hall–Kier alpha value is -2.84. The van der Waals surface area contributed by atoms with Crippen LogP contribution in [0.5, 0.6) is 0 Å². The van der Waals surface area contributed by atoms with Crippen LogP contribution in [0.25, 0.3) is 0 Å². The molecule has 2 fully saturated rings. The van der Waals surface area contributed by atoms with Crippen LogP contribution in [-0.4, -0.2) is 38.3 Å². The first-order chi connectivity index (χ1) is 13.7. The number of carbonyl (C=O) groups excluding carboxylic acids is 1.